The first-order valence-corrected chi connectivity index (χ1v) is 10.5. The number of benzene rings is 2. The lowest BCUT2D eigenvalue weighted by Crippen LogP contribution is -2.68. The summed E-state index contributed by atoms with van der Waals surface area (Å²) in [7, 11) is 0. The van der Waals surface area contributed by atoms with Crippen LogP contribution in [0.2, 0.25) is 0 Å². The van der Waals surface area contributed by atoms with Crippen molar-refractivity contribution in [2.45, 2.75) is 51.6 Å². The molecule has 1 N–H and O–H groups in total. The molecule has 152 valence electrons. The molecular formula is C25H30N2O2. The molecule has 0 radical (unpaired) electrons. The van der Waals surface area contributed by atoms with E-state index >= 15 is 0 Å². The molecule has 1 saturated heterocycles. The predicted octanol–water partition coefficient (Wildman–Crippen LogP) is 4.81. The molecule has 2 aliphatic rings. The van der Waals surface area contributed by atoms with Gasteiger partial charge in [0.25, 0.3) is 0 Å². The van der Waals surface area contributed by atoms with Crippen molar-refractivity contribution in [3.8, 4) is 5.75 Å². The SMILES string of the molecule is CCCOc1ccccc1/C=C/[C@@]12NC(=O)CCN1c1ccc(C)cc1C2(C)C. The van der Waals surface area contributed by atoms with Gasteiger partial charge >= 0.3 is 0 Å². The fraction of sp³-hybridized carbons (Fsp3) is 0.400. The molecule has 4 heteroatoms. The van der Waals surface area contributed by atoms with Crippen molar-refractivity contribution in [1.82, 2.24) is 5.32 Å². The lowest BCUT2D eigenvalue weighted by molar-refractivity contribution is -0.124. The predicted molar refractivity (Wildman–Crippen MR) is 118 cm³/mol. The van der Waals surface area contributed by atoms with Crippen molar-refractivity contribution < 1.29 is 9.53 Å². The van der Waals surface area contributed by atoms with Gasteiger partial charge in [-0.1, -0.05) is 62.7 Å². The van der Waals surface area contributed by atoms with Gasteiger partial charge in [-0.2, -0.15) is 0 Å². The minimum atomic E-state index is -0.601. The zero-order valence-electron chi connectivity index (χ0n) is 17.8. The Morgan fingerprint density at radius 1 is 1.21 bits per heavy atom. The van der Waals surface area contributed by atoms with Crippen LogP contribution in [0.1, 0.15) is 50.3 Å². The third-order valence-electron chi connectivity index (χ3n) is 6.27. The average molecular weight is 391 g/mol. The number of hydrogen-bond donors (Lipinski definition) is 1. The van der Waals surface area contributed by atoms with Crippen molar-refractivity contribution in [1.29, 1.82) is 0 Å². The Labute approximate surface area is 173 Å². The van der Waals surface area contributed by atoms with Crippen molar-refractivity contribution in [2.75, 3.05) is 18.1 Å². The molecule has 2 aromatic carbocycles. The molecule has 0 aliphatic carbocycles. The Kier molecular flexibility index (Phi) is 4.89. The van der Waals surface area contributed by atoms with Crippen molar-refractivity contribution in [3.63, 3.8) is 0 Å². The number of anilines is 1. The molecule has 2 aliphatic heterocycles. The maximum atomic E-state index is 12.5. The van der Waals surface area contributed by atoms with E-state index in [0.717, 1.165) is 17.7 Å². The number of hydrogen-bond acceptors (Lipinski definition) is 3. The van der Waals surface area contributed by atoms with Gasteiger partial charge in [0, 0.05) is 29.6 Å². The smallest absolute Gasteiger partial charge is 0.223 e. The number of nitrogens with zero attached hydrogens (tertiary/aromatic N) is 1. The summed E-state index contributed by atoms with van der Waals surface area (Å²) in [5.74, 6) is 0.971. The highest BCUT2D eigenvalue weighted by atomic mass is 16.5. The van der Waals surface area contributed by atoms with E-state index in [0.29, 0.717) is 19.6 Å². The molecule has 29 heavy (non-hydrogen) atoms. The van der Waals surface area contributed by atoms with Gasteiger partial charge in [0.2, 0.25) is 5.91 Å². The second-order valence-electron chi connectivity index (χ2n) is 8.58. The quantitative estimate of drug-likeness (QED) is 0.796. The highest BCUT2D eigenvalue weighted by molar-refractivity contribution is 5.85. The Balaban J connectivity index is 1.80. The molecule has 1 amide bonds. The molecule has 1 atom stereocenters. The highest BCUT2D eigenvalue weighted by Crippen LogP contribution is 2.52. The fourth-order valence-electron chi connectivity index (χ4n) is 4.64. The van der Waals surface area contributed by atoms with E-state index in [1.807, 2.05) is 18.2 Å². The first-order chi connectivity index (χ1) is 13.9. The lowest BCUT2D eigenvalue weighted by atomic mass is 9.74. The van der Waals surface area contributed by atoms with E-state index in [-0.39, 0.29) is 11.3 Å². The zero-order valence-corrected chi connectivity index (χ0v) is 17.8. The maximum absolute atomic E-state index is 12.5. The molecule has 4 nitrogen and oxygen atoms in total. The normalized spacial score (nSPS) is 22.3. The van der Waals surface area contributed by atoms with Crippen LogP contribution in [-0.2, 0) is 10.2 Å². The number of amides is 1. The van der Waals surface area contributed by atoms with E-state index in [1.165, 1.54) is 16.8 Å². The van der Waals surface area contributed by atoms with E-state index in [1.54, 1.807) is 0 Å². The van der Waals surface area contributed by atoms with Gasteiger partial charge in [-0.05, 0) is 37.1 Å². The van der Waals surface area contributed by atoms with Crippen molar-refractivity contribution in [2.24, 2.45) is 0 Å². The van der Waals surface area contributed by atoms with Gasteiger partial charge < -0.3 is 15.0 Å². The molecule has 0 unspecified atom stereocenters. The Bertz CT molecular complexity index is 963. The van der Waals surface area contributed by atoms with Gasteiger partial charge in [-0.25, -0.2) is 0 Å². The summed E-state index contributed by atoms with van der Waals surface area (Å²) in [5.41, 5.74) is 3.87. The molecule has 2 heterocycles. The number of ether oxygens (including phenoxy) is 1. The van der Waals surface area contributed by atoms with Crippen molar-refractivity contribution in [3.05, 3.63) is 65.2 Å². The number of carbonyl (C=O) groups is 1. The van der Waals surface area contributed by atoms with Crippen LogP contribution in [0.4, 0.5) is 5.69 Å². The van der Waals surface area contributed by atoms with Crippen LogP contribution < -0.4 is 15.0 Å². The summed E-state index contributed by atoms with van der Waals surface area (Å²) in [6.07, 6.45) is 5.74. The van der Waals surface area contributed by atoms with Gasteiger partial charge in [0.05, 0.1) is 6.61 Å². The molecule has 0 saturated carbocycles. The zero-order chi connectivity index (χ0) is 20.6. The molecular weight excluding hydrogens is 360 g/mol. The summed E-state index contributed by atoms with van der Waals surface area (Å²) < 4.78 is 5.93. The summed E-state index contributed by atoms with van der Waals surface area (Å²) >= 11 is 0. The Morgan fingerprint density at radius 3 is 2.79 bits per heavy atom. The highest BCUT2D eigenvalue weighted by Gasteiger charge is 2.57. The second-order valence-corrected chi connectivity index (χ2v) is 8.58. The number of aryl methyl sites for hydroxylation is 1. The third kappa shape index (κ3) is 3.11. The molecule has 0 aromatic heterocycles. The first kappa shape index (κ1) is 19.6. The number of fused-ring (bicyclic) bond motifs is 3. The second kappa shape index (κ2) is 7.25. The first-order valence-electron chi connectivity index (χ1n) is 10.5. The van der Waals surface area contributed by atoms with Crippen LogP contribution in [0.3, 0.4) is 0 Å². The van der Waals surface area contributed by atoms with E-state index < -0.39 is 5.66 Å². The summed E-state index contributed by atoms with van der Waals surface area (Å²) in [6, 6.07) is 14.7. The standard InChI is InChI=1S/C25H30N2O2/c1-5-16-29-22-9-7-6-8-19(22)12-14-25-24(3,4)20-17-18(2)10-11-21(20)27(25)15-13-23(28)26-25/h6-12,14,17H,5,13,15-16H2,1-4H3,(H,26,28)/b14-12+/t25-/m1/s1. The minimum absolute atomic E-state index is 0.0963. The molecule has 0 spiro atoms. The monoisotopic (exact) mass is 390 g/mol. The number of rotatable bonds is 5. The van der Waals surface area contributed by atoms with Crippen molar-refractivity contribution >= 4 is 17.7 Å². The largest absolute Gasteiger partial charge is 0.493 e. The third-order valence-corrected chi connectivity index (χ3v) is 6.27. The maximum Gasteiger partial charge on any atom is 0.223 e. The lowest BCUT2D eigenvalue weighted by Gasteiger charge is -2.49. The summed E-state index contributed by atoms with van der Waals surface area (Å²) in [5, 5.41) is 3.34. The fourth-order valence-corrected chi connectivity index (χ4v) is 4.64. The van der Waals surface area contributed by atoms with Gasteiger partial charge in [-0.15, -0.1) is 0 Å². The van der Waals surface area contributed by atoms with E-state index in [2.05, 4.69) is 74.3 Å². The molecule has 4 rings (SSSR count). The Morgan fingerprint density at radius 2 is 2.00 bits per heavy atom. The van der Waals surface area contributed by atoms with Crippen LogP contribution in [0.15, 0.2) is 48.5 Å². The van der Waals surface area contributed by atoms with Crippen LogP contribution >= 0.6 is 0 Å². The van der Waals surface area contributed by atoms with Gasteiger partial charge in [0.1, 0.15) is 11.4 Å². The summed E-state index contributed by atoms with van der Waals surface area (Å²) in [4.78, 5) is 14.9. The number of para-hydroxylation sites is 1. The number of carbonyl (C=O) groups excluding carboxylic acids is 1. The number of nitrogens with one attached hydrogen (secondary N) is 1. The Hall–Kier alpha value is -2.75. The van der Waals surface area contributed by atoms with E-state index in [9.17, 15) is 4.79 Å². The average Bonchev–Trinajstić information content (AvgIpc) is 2.89. The molecule has 0 bridgehead atoms. The topological polar surface area (TPSA) is 41.6 Å². The van der Waals surface area contributed by atoms with E-state index in [4.69, 9.17) is 4.74 Å². The molecule has 1 fully saturated rings. The van der Waals surface area contributed by atoms with Crippen LogP contribution in [0.5, 0.6) is 5.75 Å². The van der Waals surface area contributed by atoms with Gasteiger partial charge in [0.15, 0.2) is 0 Å². The van der Waals surface area contributed by atoms with Crippen LogP contribution in [-0.4, -0.2) is 24.7 Å². The van der Waals surface area contributed by atoms with Crippen LogP contribution in [0, 0.1) is 6.92 Å². The minimum Gasteiger partial charge on any atom is -0.493 e. The molecule has 2 aromatic rings. The van der Waals surface area contributed by atoms with Crippen LogP contribution in [0.25, 0.3) is 6.08 Å². The summed E-state index contributed by atoms with van der Waals surface area (Å²) in [6.45, 7) is 10.1. The van der Waals surface area contributed by atoms with Gasteiger partial charge in [-0.3, -0.25) is 4.79 Å².